The number of allylic oxidation sites excluding steroid dienone is 1. The molecule has 0 saturated carbocycles. The van der Waals surface area contributed by atoms with E-state index in [1.807, 2.05) is 24.3 Å². The van der Waals surface area contributed by atoms with E-state index in [2.05, 4.69) is 0 Å². The Labute approximate surface area is 105 Å². The minimum Gasteiger partial charge on any atom is -0.443 e. The van der Waals surface area contributed by atoms with Crippen LogP contribution < -0.4 is 0 Å². The number of fused-ring (bicyclic) bond motifs is 3. The number of carbonyl (C=O) groups is 2. The van der Waals surface area contributed by atoms with Crippen molar-refractivity contribution in [1.82, 2.24) is 4.90 Å². The number of hydrogen-bond donors (Lipinski definition) is 0. The molecule has 1 heterocycles. The maximum absolute atomic E-state index is 11.9. The van der Waals surface area contributed by atoms with Gasteiger partial charge in [-0.2, -0.15) is 0 Å². The predicted molar refractivity (Wildman–Crippen MR) is 64.8 cm³/mol. The van der Waals surface area contributed by atoms with Crippen molar-refractivity contribution >= 4 is 12.0 Å². The Morgan fingerprint density at radius 2 is 2.22 bits per heavy atom. The van der Waals surface area contributed by atoms with Gasteiger partial charge >= 0.3 is 6.09 Å². The van der Waals surface area contributed by atoms with Crippen LogP contribution in [0.3, 0.4) is 0 Å². The highest BCUT2D eigenvalue weighted by Gasteiger charge is 2.49. The van der Waals surface area contributed by atoms with Gasteiger partial charge in [-0.1, -0.05) is 30.3 Å². The Balaban J connectivity index is 2.02. The van der Waals surface area contributed by atoms with E-state index < -0.39 is 6.09 Å². The first kappa shape index (κ1) is 11.0. The van der Waals surface area contributed by atoms with Gasteiger partial charge in [-0.25, -0.2) is 9.69 Å². The van der Waals surface area contributed by atoms with Crippen molar-refractivity contribution in [1.29, 1.82) is 0 Å². The van der Waals surface area contributed by atoms with Crippen LogP contribution in [0.15, 0.2) is 36.4 Å². The van der Waals surface area contributed by atoms with Gasteiger partial charge < -0.3 is 4.74 Å². The lowest BCUT2D eigenvalue weighted by Crippen LogP contribution is -2.33. The molecule has 1 saturated heterocycles. The number of hydrogen-bond acceptors (Lipinski definition) is 3. The summed E-state index contributed by atoms with van der Waals surface area (Å²) in [6.07, 6.45) is 2.94. The lowest BCUT2D eigenvalue weighted by atomic mass is 10.1. The summed E-state index contributed by atoms with van der Waals surface area (Å²) >= 11 is 0. The van der Waals surface area contributed by atoms with Crippen LogP contribution in [0.1, 0.15) is 24.1 Å². The Bertz CT molecular complexity index is 550. The van der Waals surface area contributed by atoms with Crippen LogP contribution in [-0.2, 0) is 16.0 Å². The number of benzene rings is 1. The second-order valence-corrected chi connectivity index (χ2v) is 4.48. The van der Waals surface area contributed by atoms with Crippen molar-refractivity contribution < 1.29 is 14.3 Å². The molecular formula is C14H13NO3. The monoisotopic (exact) mass is 243 g/mol. The summed E-state index contributed by atoms with van der Waals surface area (Å²) in [6.45, 7) is 1.75. The number of carbonyl (C=O) groups excluding carboxylic acids is 2. The highest BCUT2D eigenvalue weighted by Crippen LogP contribution is 2.42. The lowest BCUT2D eigenvalue weighted by Gasteiger charge is -2.17. The quantitative estimate of drug-likeness (QED) is 0.710. The van der Waals surface area contributed by atoms with Gasteiger partial charge in [-0.15, -0.1) is 0 Å². The Hall–Kier alpha value is -2.10. The normalized spacial score (nSPS) is 25.2. The molecule has 1 aliphatic carbocycles. The summed E-state index contributed by atoms with van der Waals surface area (Å²) in [5.74, 6) is -0.313. The van der Waals surface area contributed by atoms with E-state index in [0.29, 0.717) is 6.42 Å². The first-order valence-electron chi connectivity index (χ1n) is 5.96. The standard InChI is InChI=1S/C14H13NO3/c1-2-5-12(16)15-13-10-7-4-3-6-9(10)8-11(13)18-14(15)17/h2-7,11,13H,8H2,1H3/b5-2+/t11-,13+/m1/s1. The first-order valence-corrected chi connectivity index (χ1v) is 5.96. The van der Waals surface area contributed by atoms with Gasteiger partial charge in [0, 0.05) is 6.42 Å². The second kappa shape index (κ2) is 3.98. The van der Waals surface area contributed by atoms with E-state index in [1.165, 1.54) is 11.0 Å². The van der Waals surface area contributed by atoms with Crippen LogP contribution in [0, 0.1) is 0 Å². The highest BCUT2D eigenvalue weighted by atomic mass is 16.6. The molecule has 0 bridgehead atoms. The third-order valence-corrected chi connectivity index (χ3v) is 3.42. The molecule has 0 radical (unpaired) electrons. The van der Waals surface area contributed by atoms with E-state index >= 15 is 0 Å². The topological polar surface area (TPSA) is 46.6 Å². The zero-order chi connectivity index (χ0) is 12.7. The number of imide groups is 1. The molecule has 1 aromatic carbocycles. The van der Waals surface area contributed by atoms with E-state index in [-0.39, 0.29) is 18.1 Å². The van der Waals surface area contributed by atoms with Crippen molar-refractivity contribution in [3.8, 4) is 0 Å². The number of nitrogens with zero attached hydrogens (tertiary/aromatic N) is 1. The molecular weight excluding hydrogens is 230 g/mol. The van der Waals surface area contributed by atoms with Gasteiger partial charge in [0.15, 0.2) is 0 Å². The zero-order valence-electron chi connectivity index (χ0n) is 10.00. The predicted octanol–water partition coefficient (Wildman–Crippen LogP) is 2.21. The van der Waals surface area contributed by atoms with Crippen LogP contribution in [-0.4, -0.2) is 23.0 Å². The largest absolute Gasteiger partial charge is 0.443 e. The Morgan fingerprint density at radius 3 is 3.00 bits per heavy atom. The molecule has 0 spiro atoms. The van der Waals surface area contributed by atoms with Crippen LogP contribution >= 0.6 is 0 Å². The summed E-state index contributed by atoms with van der Waals surface area (Å²) in [7, 11) is 0. The molecule has 0 unspecified atom stereocenters. The van der Waals surface area contributed by atoms with Crippen LogP contribution in [0.5, 0.6) is 0 Å². The van der Waals surface area contributed by atoms with E-state index in [4.69, 9.17) is 4.74 Å². The first-order chi connectivity index (χ1) is 8.72. The van der Waals surface area contributed by atoms with Crippen LogP contribution in [0.2, 0.25) is 0 Å². The number of rotatable bonds is 1. The molecule has 0 aromatic heterocycles. The third kappa shape index (κ3) is 1.45. The van der Waals surface area contributed by atoms with E-state index in [0.717, 1.165) is 11.1 Å². The van der Waals surface area contributed by atoms with Gasteiger partial charge in [0.2, 0.25) is 0 Å². The summed E-state index contributed by atoms with van der Waals surface area (Å²) in [5, 5.41) is 0. The average Bonchev–Trinajstić information content (AvgIpc) is 2.83. The van der Waals surface area contributed by atoms with Gasteiger partial charge in [0.25, 0.3) is 5.91 Å². The molecule has 0 N–H and O–H groups in total. The molecule has 2 aliphatic rings. The second-order valence-electron chi connectivity index (χ2n) is 4.48. The minimum absolute atomic E-state index is 0.232. The van der Waals surface area contributed by atoms with Crippen molar-refractivity contribution in [2.24, 2.45) is 0 Å². The molecule has 4 nitrogen and oxygen atoms in total. The highest BCUT2D eigenvalue weighted by molar-refractivity contribution is 6.00. The summed E-state index contributed by atoms with van der Waals surface area (Å²) in [5.41, 5.74) is 2.17. The molecule has 2 atom stereocenters. The fourth-order valence-electron chi connectivity index (χ4n) is 2.70. The smallest absolute Gasteiger partial charge is 0.417 e. The van der Waals surface area contributed by atoms with Gasteiger partial charge in [0.1, 0.15) is 12.1 Å². The summed E-state index contributed by atoms with van der Waals surface area (Å²) in [6, 6.07) is 7.58. The fourth-order valence-corrected chi connectivity index (χ4v) is 2.70. The van der Waals surface area contributed by atoms with Crippen molar-refractivity contribution in [3.05, 3.63) is 47.5 Å². The van der Waals surface area contributed by atoms with Gasteiger partial charge in [-0.3, -0.25) is 4.79 Å². The van der Waals surface area contributed by atoms with E-state index in [1.54, 1.807) is 13.0 Å². The SMILES string of the molecule is C/C=C/C(=O)N1C(=O)O[C@@H]2Cc3ccccc3[C@@H]21. The molecule has 3 rings (SSSR count). The molecule has 18 heavy (non-hydrogen) atoms. The lowest BCUT2D eigenvalue weighted by molar-refractivity contribution is -0.124. The number of amides is 2. The molecule has 1 fully saturated rings. The van der Waals surface area contributed by atoms with E-state index in [9.17, 15) is 9.59 Å². The average molecular weight is 243 g/mol. The maximum Gasteiger partial charge on any atom is 0.417 e. The summed E-state index contributed by atoms with van der Waals surface area (Å²) < 4.78 is 5.28. The zero-order valence-corrected chi connectivity index (χ0v) is 10.00. The molecule has 4 heteroatoms. The van der Waals surface area contributed by atoms with Crippen molar-refractivity contribution in [3.63, 3.8) is 0 Å². The molecule has 1 aliphatic heterocycles. The maximum atomic E-state index is 11.9. The Morgan fingerprint density at radius 1 is 1.44 bits per heavy atom. The van der Waals surface area contributed by atoms with Gasteiger partial charge in [0.05, 0.1) is 0 Å². The molecule has 1 aromatic rings. The Kier molecular flexibility index (Phi) is 2.44. The van der Waals surface area contributed by atoms with Crippen LogP contribution in [0.25, 0.3) is 0 Å². The molecule has 2 amide bonds. The minimum atomic E-state index is -0.539. The van der Waals surface area contributed by atoms with Crippen molar-refractivity contribution in [2.45, 2.75) is 25.5 Å². The fraction of sp³-hybridized carbons (Fsp3) is 0.286. The third-order valence-electron chi connectivity index (χ3n) is 3.42. The molecule has 92 valence electrons. The van der Waals surface area contributed by atoms with Gasteiger partial charge in [-0.05, 0) is 24.1 Å². The van der Waals surface area contributed by atoms with Crippen LogP contribution in [0.4, 0.5) is 4.79 Å². The van der Waals surface area contributed by atoms with Crippen molar-refractivity contribution in [2.75, 3.05) is 0 Å². The summed E-state index contributed by atoms with van der Waals surface area (Å²) in [4.78, 5) is 24.9. The number of ether oxygens (including phenoxy) is 1.